The van der Waals surface area contributed by atoms with E-state index in [2.05, 4.69) is 22.8 Å². The Balaban J connectivity index is 1.47. The van der Waals surface area contributed by atoms with Crippen LogP contribution in [0.3, 0.4) is 0 Å². The van der Waals surface area contributed by atoms with Crippen molar-refractivity contribution < 1.29 is 24.2 Å². The lowest BCUT2D eigenvalue weighted by atomic mass is 9.98. The zero-order chi connectivity index (χ0) is 24.2. The molecule has 0 fully saturated rings. The van der Waals surface area contributed by atoms with Crippen LogP contribution in [0, 0.1) is 5.92 Å². The number of alkyl carbamates (subject to hydrolysis) is 1. The molecule has 34 heavy (non-hydrogen) atoms. The van der Waals surface area contributed by atoms with Crippen molar-refractivity contribution in [3.63, 3.8) is 0 Å². The average Bonchev–Trinajstić information content (AvgIpc) is 3.46. The fourth-order valence-electron chi connectivity index (χ4n) is 4.23. The fourth-order valence-corrected chi connectivity index (χ4v) is 5.00. The molecular formula is C26H26N2O5S. The maximum atomic E-state index is 12.9. The first-order valence-electron chi connectivity index (χ1n) is 11.0. The number of amides is 2. The molecule has 0 aliphatic heterocycles. The number of rotatable bonds is 8. The SMILES string of the molecule is CC(C)C(NC(=O)C(NC(=O)OCC1c2ccccc2-c2ccccc21)c1cccs1)C(=O)O. The van der Waals surface area contributed by atoms with Crippen molar-refractivity contribution in [2.75, 3.05) is 6.61 Å². The zero-order valence-electron chi connectivity index (χ0n) is 18.9. The Kier molecular flexibility index (Phi) is 6.98. The van der Waals surface area contributed by atoms with E-state index in [9.17, 15) is 19.5 Å². The number of fused-ring (bicyclic) bond motifs is 3. The smallest absolute Gasteiger partial charge is 0.408 e. The van der Waals surface area contributed by atoms with E-state index in [0.717, 1.165) is 22.3 Å². The number of hydrogen-bond donors (Lipinski definition) is 3. The molecule has 0 saturated heterocycles. The molecular weight excluding hydrogens is 452 g/mol. The second-order valence-corrected chi connectivity index (χ2v) is 9.47. The molecule has 0 saturated carbocycles. The number of carbonyl (C=O) groups excluding carboxylic acids is 2. The Bertz CT molecular complexity index is 1150. The second kappa shape index (κ2) is 10.1. The van der Waals surface area contributed by atoms with Gasteiger partial charge in [-0.05, 0) is 39.6 Å². The van der Waals surface area contributed by atoms with Gasteiger partial charge in [-0.3, -0.25) is 4.79 Å². The molecule has 1 aliphatic carbocycles. The van der Waals surface area contributed by atoms with Crippen molar-refractivity contribution in [3.05, 3.63) is 82.0 Å². The summed E-state index contributed by atoms with van der Waals surface area (Å²) in [5.41, 5.74) is 4.42. The van der Waals surface area contributed by atoms with Crippen molar-refractivity contribution in [1.82, 2.24) is 10.6 Å². The van der Waals surface area contributed by atoms with E-state index in [1.807, 2.05) is 36.4 Å². The molecule has 176 valence electrons. The number of aliphatic carboxylic acids is 1. The highest BCUT2D eigenvalue weighted by atomic mass is 32.1. The molecule has 8 heteroatoms. The number of carboxylic acids is 1. The summed E-state index contributed by atoms with van der Waals surface area (Å²) < 4.78 is 5.58. The van der Waals surface area contributed by atoms with E-state index in [-0.39, 0.29) is 18.4 Å². The molecule has 2 aromatic carbocycles. The maximum absolute atomic E-state index is 12.9. The van der Waals surface area contributed by atoms with E-state index in [0.29, 0.717) is 4.88 Å². The van der Waals surface area contributed by atoms with Gasteiger partial charge in [-0.1, -0.05) is 68.4 Å². The molecule has 3 aromatic rings. The summed E-state index contributed by atoms with van der Waals surface area (Å²) in [5, 5.41) is 16.4. The number of carboxylic acid groups (broad SMARTS) is 1. The normalized spacial score (nSPS) is 14.1. The minimum atomic E-state index is -1.13. The lowest BCUT2D eigenvalue weighted by Gasteiger charge is -2.23. The summed E-state index contributed by atoms with van der Waals surface area (Å²) >= 11 is 1.29. The van der Waals surface area contributed by atoms with Crippen LogP contribution in [-0.4, -0.2) is 35.7 Å². The summed E-state index contributed by atoms with van der Waals surface area (Å²) in [5.74, 6) is -2.16. The molecule has 2 amide bonds. The third-order valence-corrected chi connectivity index (χ3v) is 6.86. The summed E-state index contributed by atoms with van der Waals surface area (Å²) in [4.78, 5) is 37.8. The Morgan fingerprint density at radius 3 is 2.09 bits per heavy atom. The van der Waals surface area contributed by atoms with Crippen LogP contribution in [0.2, 0.25) is 0 Å². The van der Waals surface area contributed by atoms with Crippen molar-refractivity contribution in [1.29, 1.82) is 0 Å². The Morgan fingerprint density at radius 2 is 1.56 bits per heavy atom. The predicted octanol–water partition coefficient (Wildman–Crippen LogP) is 4.55. The molecule has 2 unspecified atom stereocenters. The van der Waals surface area contributed by atoms with Crippen molar-refractivity contribution in [2.45, 2.75) is 31.8 Å². The molecule has 0 radical (unpaired) electrons. The van der Waals surface area contributed by atoms with Crippen LogP contribution in [0.4, 0.5) is 4.79 Å². The van der Waals surface area contributed by atoms with Gasteiger partial charge in [0.2, 0.25) is 5.91 Å². The van der Waals surface area contributed by atoms with E-state index >= 15 is 0 Å². The number of ether oxygens (including phenoxy) is 1. The molecule has 3 N–H and O–H groups in total. The zero-order valence-corrected chi connectivity index (χ0v) is 19.7. The van der Waals surface area contributed by atoms with Gasteiger partial charge in [0.15, 0.2) is 0 Å². The molecule has 1 aromatic heterocycles. The predicted molar refractivity (Wildman–Crippen MR) is 130 cm³/mol. The lowest BCUT2D eigenvalue weighted by molar-refractivity contribution is -0.143. The van der Waals surface area contributed by atoms with Crippen LogP contribution in [0.25, 0.3) is 11.1 Å². The lowest BCUT2D eigenvalue weighted by Crippen LogP contribution is -2.49. The summed E-state index contributed by atoms with van der Waals surface area (Å²) in [6.45, 7) is 3.53. The highest BCUT2D eigenvalue weighted by Gasteiger charge is 2.32. The van der Waals surface area contributed by atoms with Gasteiger partial charge in [0.25, 0.3) is 0 Å². The van der Waals surface area contributed by atoms with Gasteiger partial charge < -0.3 is 20.5 Å². The van der Waals surface area contributed by atoms with Crippen LogP contribution in [0.5, 0.6) is 0 Å². The van der Waals surface area contributed by atoms with E-state index < -0.39 is 30.1 Å². The first-order valence-corrected chi connectivity index (χ1v) is 11.9. The molecule has 2 atom stereocenters. The van der Waals surface area contributed by atoms with Crippen molar-refractivity contribution in [3.8, 4) is 11.1 Å². The number of thiophene rings is 1. The molecule has 4 rings (SSSR count). The summed E-state index contributed by atoms with van der Waals surface area (Å²) in [6.07, 6.45) is -0.744. The standard InChI is InChI=1S/C26H26N2O5S/c1-15(2)22(25(30)31)27-24(29)23(21-12-7-13-34-21)28-26(32)33-14-20-18-10-5-3-8-16(18)17-9-4-6-11-19(17)20/h3-13,15,20,22-23H,14H2,1-2H3,(H,27,29)(H,28,32)(H,30,31). The molecule has 7 nitrogen and oxygen atoms in total. The van der Waals surface area contributed by atoms with Crippen LogP contribution in [0.15, 0.2) is 66.0 Å². The number of hydrogen-bond acceptors (Lipinski definition) is 5. The van der Waals surface area contributed by atoms with Crippen LogP contribution in [0.1, 0.15) is 41.8 Å². The van der Waals surface area contributed by atoms with Gasteiger partial charge in [0.05, 0.1) is 0 Å². The first-order chi connectivity index (χ1) is 16.4. The summed E-state index contributed by atoms with van der Waals surface area (Å²) in [7, 11) is 0. The minimum Gasteiger partial charge on any atom is -0.480 e. The number of carbonyl (C=O) groups is 3. The van der Waals surface area contributed by atoms with Crippen LogP contribution in [-0.2, 0) is 14.3 Å². The fraction of sp³-hybridized carbons (Fsp3) is 0.269. The van der Waals surface area contributed by atoms with Gasteiger partial charge in [0.1, 0.15) is 18.7 Å². The minimum absolute atomic E-state index is 0.107. The average molecular weight is 479 g/mol. The summed E-state index contributed by atoms with van der Waals surface area (Å²) in [6, 6.07) is 17.4. The second-order valence-electron chi connectivity index (χ2n) is 8.49. The highest BCUT2D eigenvalue weighted by Crippen LogP contribution is 2.44. The largest absolute Gasteiger partial charge is 0.480 e. The van der Waals surface area contributed by atoms with Gasteiger partial charge >= 0.3 is 12.1 Å². The van der Waals surface area contributed by atoms with Gasteiger partial charge in [0, 0.05) is 10.8 Å². The monoisotopic (exact) mass is 478 g/mol. The highest BCUT2D eigenvalue weighted by molar-refractivity contribution is 7.10. The Labute approximate surface area is 201 Å². The Hall–Kier alpha value is -3.65. The molecule has 1 aliphatic rings. The van der Waals surface area contributed by atoms with Crippen LogP contribution < -0.4 is 10.6 Å². The van der Waals surface area contributed by atoms with Crippen molar-refractivity contribution in [2.24, 2.45) is 5.92 Å². The van der Waals surface area contributed by atoms with Crippen LogP contribution >= 0.6 is 11.3 Å². The third kappa shape index (κ3) is 4.82. The molecule has 0 spiro atoms. The molecule has 0 bridgehead atoms. The molecule has 1 heterocycles. The van der Waals surface area contributed by atoms with Gasteiger partial charge in [-0.2, -0.15) is 0 Å². The number of benzene rings is 2. The first kappa shape index (κ1) is 23.5. The Morgan fingerprint density at radius 1 is 0.941 bits per heavy atom. The van der Waals surface area contributed by atoms with E-state index in [4.69, 9.17) is 4.74 Å². The topological polar surface area (TPSA) is 105 Å². The van der Waals surface area contributed by atoms with Crippen molar-refractivity contribution >= 4 is 29.3 Å². The number of nitrogens with one attached hydrogen (secondary N) is 2. The van der Waals surface area contributed by atoms with Gasteiger partial charge in [-0.15, -0.1) is 11.3 Å². The third-order valence-electron chi connectivity index (χ3n) is 5.93. The van der Waals surface area contributed by atoms with E-state index in [1.165, 1.54) is 11.3 Å². The maximum Gasteiger partial charge on any atom is 0.408 e. The van der Waals surface area contributed by atoms with E-state index in [1.54, 1.807) is 31.4 Å². The quantitative estimate of drug-likeness (QED) is 0.440. The van der Waals surface area contributed by atoms with Gasteiger partial charge in [-0.25, -0.2) is 9.59 Å².